The standard InChI is InChI=1S/C20H23F3O4S/c1-6-26-19(20(21,22)23)18(15(2)14-27-19,13-12-17(3,4)5)28(24,25)16-10-8-7-9-11-16/h7-11H,2,6,14H2,1,3-5H3/t18-,19+/m0/s1. The maximum Gasteiger partial charge on any atom is 0.446 e. The molecule has 0 radical (unpaired) electrons. The van der Waals surface area contributed by atoms with Gasteiger partial charge in [-0.1, -0.05) is 36.6 Å². The summed E-state index contributed by atoms with van der Waals surface area (Å²) in [5.74, 6) is 1.56. The van der Waals surface area contributed by atoms with Gasteiger partial charge in [-0.05, 0) is 45.4 Å². The Bertz CT molecular complexity index is 905. The van der Waals surface area contributed by atoms with Crippen LogP contribution < -0.4 is 0 Å². The summed E-state index contributed by atoms with van der Waals surface area (Å²) in [6, 6.07) is 6.84. The topological polar surface area (TPSA) is 52.6 Å². The minimum absolute atomic E-state index is 0.320. The summed E-state index contributed by atoms with van der Waals surface area (Å²) < 4.78 is 77.3. The van der Waals surface area contributed by atoms with Crippen LogP contribution in [0.4, 0.5) is 13.2 Å². The molecule has 0 aliphatic carbocycles. The van der Waals surface area contributed by atoms with Crippen molar-refractivity contribution in [3.05, 3.63) is 42.5 Å². The predicted octanol–water partition coefficient (Wildman–Crippen LogP) is 4.13. The second-order valence-corrected chi connectivity index (χ2v) is 9.53. The van der Waals surface area contributed by atoms with E-state index in [9.17, 15) is 21.6 Å². The van der Waals surface area contributed by atoms with Crippen LogP contribution in [-0.4, -0.2) is 38.3 Å². The van der Waals surface area contributed by atoms with Gasteiger partial charge >= 0.3 is 12.0 Å². The van der Waals surface area contributed by atoms with Crippen LogP contribution in [0.1, 0.15) is 27.7 Å². The van der Waals surface area contributed by atoms with Crippen molar-refractivity contribution in [2.45, 2.75) is 49.3 Å². The molecule has 1 aliphatic rings. The maximum atomic E-state index is 14.3. The molecular formula is C20H23F3O4S. The van der Waals surface area contributed by atoms with Crippen LogP contribution in [0.3, 0.4) is 0 Å². The smallest absolute Gasteiger partial charge is 0.341 e. The van der Waals surface area contributed by atoms with Gasteiger partial charge in [0.1, 0.15) is 0 Å². The lowest BCUT2D eigenvalue weighted by Gasteiger charge is -2.41. The molecule has 0 unspecified atom stereocenters. The van der Waals surface area contributed by atoms with E-state index in [2.05, 4.69) is 18.4 Å². The Morgan fingerprint density at radius 3 is 2.25 bits per heavy atom. The minimum Gasteiger partial charge on any atom is -0.341 e. The Hall–Kier alpha value is -1.82. The Balaban J connectivity index is 2.99. The van der Waals surface area contributed by atoms with Crippen molar-refractivity contribution in [1.82, 2.24) is 0 Å². The molecule has 1 aliphatic heterocycles. The maximum absolute atomic E-state index is 14.3. The van der Waals surface area contributed by atoms with E-state index >= 15 is 0 Å². The van der Waals surface area contributed by atoms with E-state index < -0.39 is 45.2 Å². The summed E-state index contributed by atoms with van der Waals surface area (Å²) in [4.78, 5) is -0.321. The Morgan fingerprint density at radius 1 is 1.21 bits per heavy atom. The van der Waals surface area contributed by atoms with E-state index in [0.717, 1.165) is 0 Å². The molecule has 0 amide bonds. The van der Waals surface area contributed by atoms with Crippen molar-refractivity contribution in [2.24, 2.45) is 5.41 Å². The lowest BCUT2D eigenvalue weighted by molar-refractivity contribution is -0.369. The first-order chi connectivity index (χ1) is 12.8. The second kappa shape index (κ2) is 7.21. The van der Waals surface area contributed by atoms with Crippen molar-refractivity contribution >= 4 is 9.84 Å². The summed E-state index contributed by atoms with van der Waals surface area (Å²) in [7, 11) is -4.73. The number of alkyl halides is 3. The predicted molar refractivity (Wildman–Crippen MR) is 99.1 cm³/mol. The van der Waals surface area contributed by atoms with Gasteiger partial charge in [-0.2, -0.15) is 13.2 Å². The summed E-state index contributed by atoms with van der Waals surface area (Å²) >= 11 is 0. The largest absolute Gasteiger partial charge is 0.446 e. The molecule has 28 heavy (non-hydrogen) atoms. The van der Waals surface area contributed by atoms with Crippen molar-refractivity contribution in [2.75, 3.05) is 13.2 Å². The van der Waals surface area contributed by atoms with Gasteiger partial charge in [-0.3, -0.25) is 0 Å². The molecule has 0 N–H and O–H groups in total. The number of ether oxygens (including phenoxy) is 2. The molecule has 2 rings (SSSR count). The minimum atomic E-state index is -5.18. The molecule has 0 bridgehead atoms. The summed E-state index contributed by atoms with van der Waals surface area (Å²) in [5, 5.41) is 0. The third-order valence-corrected chi connectivity index (χ3v) is 6.56. The number of hydrogen-bond donors (Lipinski definition) is 0. The molecule has 1 heterocycles. The van der Waals surface area contributed by atoms with Gasteiger partial charge in [-0.15, -0.1) is 0 Å². The highest BCUT2D eigenvalue weighted by molar-refractivity contribution is 7.93. The van der Waals surface area contributed by atoms with Gasteiger partial charge in [0.2, 0.25) is 14.6 Å². The number of hydrogen-bond acceptors (Lipinski definition) is 4. The number of sulfone groups is 1. The molecule has 0 saturated carbocycles. The van der Waals surface area contributed by atoms with Gasteiger partial charge in [0.15, 0.2) is 0 Å². The number of halogens is 3. The molecule has 1 saturated heterocycles. The SMILES string of the molecule is C=C1CO[C@@](OCC)(C(F)(F)F)[C@@]1(C#CC(C)(C)C)S(=O)(=O)c1ccccc1. The molecular weight excluding hydrogens is 393 g/mol. The van der Waals surface area contributed by atoms with Crippen LogP contribution in [0, 0.1) is 17.3 Å². The third kappa shape index (κ3) is 3.36. The first-order valence-corrected chi connectivity index (χ1v) is 10.1. The quantitative estimate of drug-likeness (QED) is 0.547. The van der Waals surface area contributed by atoms with E-state index in [0.29, 0.717) is 0 Å². The van der Waals surface area contributed by atoms with Crippen LogP contribution in [0.2, 0.25) is 0 Å². The van der Waals surface area contributed by atoms with E-state index in [1.54, 1.807) is 26.8 Å². The van der Waals surface area contributed by atoms with Crippen LogP contribution in [-0.2, 0) is 19.3 Å². The fourth-order valence-electron chi connectivity index (χ4n) is 2.99. The van der Waals surface area contributed by atoms with Crippen LogP contribution in [0.15, 0.2) is 47.4 Å². The Morgan fingerprint density at radius 2 is 1.79 bits per heavy atom. The highest BCUT2D eigenvalue weighted by atomic mass is 32.2. The molecule has 4 nitrogen and oxygen atoms in total. The molecule has 8 heteroatoms. The van der Waals surface area contributed by atoms with Crippen molar-refractivity contribution in [1.29, 1.82) is 0 Å². The molecule has 1 aromatic rings. The van der Waals surface area contributed by atoms with E-state index in [1.807, 2.05) is 0 Å². The number of rotatable bonds is 4. The van der Waals surface area contributed by atoms with Gasteiger partial charge in [-0.25, -0.2) is 8.42 Å². The van der Waals surface area contributed by atoms with Crippen LogP contribution in [0.5, 0.6) is 0 Å². The van der Waals surface area contributed by atoms with E-state index in [-0.39, 0.29) is 10.5 Å². The van der Waals surface area contributed by atoms with E-state index in [4.69, 9.17) is 9.47 Å². The van der Waals surface area contributed by atoms with E-state index in [1.165, 1.54) is 31.2 Å². The Kier molecular flexibility index (Phi) is 5.79. The fraction of sp³-hybridized carbons (Fsp3) is 0.500. The molecule has 2 atom stereocenters. The molecule has 1 fully saturated rings. The summed E-state index contributed by atoms with van der Waals surface area (Å²) in [6.45, 7) is 8.84. The molecule has 0 aromatic heterocycles. The Labute approximate surface area is 163 Å². The summed E-state index contributed by atoms with van der Waals surface area (Å²) in [5.41, 5.74) is -1.09. The van der Waals surface area contributed by atoms with Gasteiger partial charge in [0.05, 0.1) is 11.5 Å². The zero-order chi connectivity index (χ0) is 21.4. The first-order valence-electron chi connectivity index (χ1n) is 8.62. The third-order valence-electron chi connectivity index (χ3n) is 4.20. The highest BCUT2D eigenvalue weighted by Gasteiger charge is 2.79. The fourth-order valence-corrected chi connectivity index (χ4v) is 5.07. The first kappa shape index (κ1) is 22.5. The van der Waals surface area contributed by atoms with Gasteiger partial charge in [0, 0.05) is 12.0 Å². The number of benzene rings is 1. The van der Waals surface area contributed by atoms with Crippen molar-refractivity contribution in [3.63, 3.8) is 0 Å². The second-order valence-electron chi connectivity index (χ2n) is 7.44. The molecule has 154 valence electrons. The van der Waals surface area contributed by atoms with Crippen molar-refractivity contribution < 1.29 is 31.1 Å². The average Bonchev–Trinajstić information content (AvgIpc) is 2.88. The van der Waals surface area contributed by atoms with Crippen molar-refractivity contribution in [3.8, 4) is 11.8 Å². The molecule has 0 spiro atoms. The van der Waals surface area contributed by atoms with Crippen LogP contribution in [0.25, 0.3) is 0 Å². The summed E-state index contributed by atoms with van der Waals surface area (Å²) in [6.07, 6.45) is -5.18. The van der Waals surface area contributed by atoms with Gasteiger partial charge < -0.3 is 9.47 Å². The van der Waals surface area contributed by atoms with Gasteiger partial charge in [0.25, 0.3) is 0 Å². The van der Waals surface area contributed by atoms with Crippen LogP contribution >= 0.6 is 0 Å². The average molecular weight is 416 g/mol. The lowest BCUT2D eigenvalue weighted by atomic mass is 9.89. The monoisotopic (exact) mass is 416 g/mol. The highest BCUT2D eigenvalue weighted by Crippen LogP contribution is 2.55. The molecule has 1 aromatic carbocycles. The zero-order valence-corrected chi connectivity index (χ0v) is 17.0. The zero-order valence-electron chi connectivity index (χ0n) is 16.2. The normalized spacial score (nSPS) is 26.0. The lowest BCUT2D eigenvalue weighted by Crippen LogP contribution is -2.65.